The van der Waals surface area contributed by atoms with Gasteiger partial charge in [0, 0.05) is 4.47 Å². The summed E-state index contributed by atoms with van der Waals surface area (Å²) in [5, 5.41) is 11.9. The lowest BCUT2D eigenvalue weighted by Gasteiger charge is -2.17. The number of ether oxygens (including phenoxy) is 1. The van der Waals surface area contributed by atoms with Crippen LogP contribution in [-0.2, 0) is 0 Å². The topological polar surface area (TPSA) is 67.8 Å². The predicted octanol–water partition coefficient (Wildman–Crippen LogP) is 4.28. The molecule has 0 heterocycles. The van der Waals surface area contributed by atoms with Gasteiger partial charge in [-0.1, -0.05) is 37.4 Å². The van der Waals surface area contributed by atoms with E-state index in [9.17, 15) is 0 Å². The third-order valence-electron chi connectivity index (χ3n) is 3.13. The van der Waals surface area contributed by atoms with Crippen LogP contribution in [0.15, 0.2) is 27.8 Å². The van der Waals surface area contributed by atoms with E-state index in [1.807, 2.05) is 25.1 Å². The van der Waals surface area contributed by atoms with Gasteiger partial charge in [-0.2, -0.15) is 0 Å². The Morgan fingerprint density at radius 1 is 1.40 bits per heavy atom. The quantitative estimate of drug-likeness (QED) is 0.243. The molecule has 3 N–H and O–H groups in total. The van der Waals surface area contributed by atoms with Gasteiger partial charge in [-0.15, -0.1) is 0 Å². The van der Waals surface area contributed by atoms with Gasteiger partial charge in [0.25, 0.3) is 0 Å². The number of amidine groups is 1. The highest BCUT2D eigenvalue weighted by atomic mass is 79.9. The van der Waals surface area contributed by atoms with Crippen molar-refractivity contribution in [2.75, 3.05) is 0 Å². The first-order valence-electron chi connectivity index (χ1n) is 7.03. The first-order chi connectivity index (χ1) is 9.60. The average Bonchev–Trinajstić information content (AvgIpc) is 2.43. The Kier molecular flexibility index (Phi) is 7.44. The lowest BCUT2D eigenvalue weighted by atomic mass is 10.1. The van der Waals surface area contributed by atoms with Crippen molar-refractivity contribution >= 4 is 21.8 Å². The maximum Gasteiger partial charge on any atom is 0.174 e. The highest BCUT2D eigenvalue weighted by molar-refractivity contribution is 9.10. The lowest BCUT2D eigenvalue weighted by Crippen LogP contribution is -2.19. The largest absolute Gasteiger partial charge is 0.490 e. The molecule has 0 aliphatic rings. The number of rotatable bonds is 8. The van der Waals surface area contributed by atoms with E-state index in [1.54, 1.807) is 0 Å². The van der Waals surface area contributed by atoms with Crippen molar-refractivity contribution in [3.8, 4) is 5.75 Å². The zero-order valence-corrected chi connectivity index (χ0v) is 13.7. The smallest absolute Gasteiger partial charge is 0.174 e. The van der Waals surface area contributed by atoms with Gasteiger partial charge in [0.05, 0.1) is 11.7 Å². The van der Waals surface area contributed by atoms with Crippen LogP contribution in [0, 0.1) is 0 Å². The number of hydrogen-bond donors (Lipinski definition) is 2. The molecular weight excluding hydrogens is 320 g/mol. The lowest BCUT2D eigenvalue weighted by molar-refractivity contribution is 0.205. The fourth-order valence-corrected chi connectivity index (χ4v) is 2.59. The molecule has 0 bridgehead atoms. The molecule has 0 saturated carbocycles. The van der Waals surface area contributed by atoms with Crippen LogP contribution < -0.4 is 10.5 Å². The Morgan fingerprint density at radius 2 is 2.15 bits per heavy atom. The molecule has 0 aliphatic heterocycles. The summed E-state index contributed by atoms with van der Waals surface area (Å²) in [5.41, 5.74) is 6.29. The van der Waals surface area contributed by atoms with E-state index in [0.29, 0.717) is 11.3 Å². The van der Waals surface area contributed by atoms with Crippen molar-refractivity contribution in [3.63, 3.8) is 0 Å². The molecule has 1 atom stereocenters. The normalized spacial score (nSPS) is 13.2. The van der Waals surface area contributed by atoms with E-state index in [1.165, 1.54) is 19.3 Å². The molecule has 1 rings (SSSR count). The third-order valence-corrected chi connectivity index (χ3v) is 3.79. The molecule has 0 aromatic heterocycles. The molecule has 1 aromatic carbocycles. The number of benzene rings is 1. The van der Waals surface area contributed by atoms with Crippen molar-refractivity contribution in [2.45, 2.75) is 52.1 Å². The summed E-state index contributed by atoms with van der Waals surface area (Å²) in [5.74, 6) is 0.684. The molecule has 20 heavy (non-hydrogen) atoms. The van der Waals surface area contributed by atoms with Gasteiger partial charge >= 0.3 is 0 Å². The standard InChI is InChI=1S/C15H23BrN2O2/c1-3-4-5-6-8-11(2)20-13-10-7-9-12(16)14(13)15(17)18-19/h7,9-11,19H,3-6,8H2,1-2H3,(H2,17,18). The molecule has 112 valence electrons. The van der Waals surface area contributed by atoms with Crippen LogP contribution in [0.1, 0.15) is 51.5 Å². The fourth-order valence-electron chi connectivity index (χ4n) is 2.04. The minimum absolute atomic E-state index is 0.0469. The third kappa shape index (κ3) is 5.04. The maximum absolute atomic E-state index is 8.86. The zero-order valence-electron chi connectivity index (χ0n) is 12.1. The highest BCUT2D eigenvalue weighted by Crippen LogP contribution is 2.28. The van der Waals surface area contributed by atoms with Gasteiger partial charge in [-0.05, 0) is 47.8 Å². The van der Waals surface area contributed by atoms with Gasteiger partial charge < -0.3 is 15.7 Å². The molecule has 0 spiro atoms. The maximum atomic E-state index is 8.86. The van der Waals surface area contributed by atoms with Crippen molar-refractivity contribution in [3.05, 3.63) is 28.2 Å². The monoisotopic (exact) mass is 342 g/mol. The SMILES string of the molecule is CCCCCCC(C)Oc1cccc(Br)c1/C(N)=N/O. The molecule has 4 nitrogen and oxygen atoms in total. The molecular formula is C15H23BrN2O2. The van der Waals surface area contributed by atoms with E-state index in [-0.39, 0.29) is 11.9 Å². The second-order valence-corrected chi connectivity index (χ2v) is 5.73. The number of unbranched alkanes of at least 4 members (excludes halogenated alkanes) is 3. The van der Waals surface area contributed by atoms with Crippen molar-refractivity contribution in [2.24, 2.45) is 10.9 Å². The molecule has 0 saturated heterocycles. The van der Waals surface area contributed by atoms with E-state index in [2.05, 4.69) is 28.0 Å². The van der Waals surface area contributed by atoms with Crippen LogP contribution >= 0.6 is 15.9 Å². The van der Waals surface area contributed by atoms with Gasteiger partial charge in [-0.25, -0.2) is 0 Å². The van der Waals surface area contributed by atoms with Crippen molar-refractivity contribution < 1.29 is 9.94 Å². The van der Waals surface area contributed by atoms with Gasteiger partial charge in [-0.3, -0.25) is 0 Å². The van der Waals surface area contributed by atoms with Gasteiger partial charge in [0.2, 0.25) is 0 Å². The van der Waals surface area contributed by atoms with Crippen LogP contribution in [-0.4, -0.2) is 17.1 Å². The summed E-state index contributed by atoms with van der Waals surface area (Å²) >= 11 is 3.40. The second-order valence-electron chi connectivity index (χ2n) is 4.88. The number of oxime groups is 1. The van der Waals surface area contributed by atoms with Crippen LogP contribution in [0.4, 0.5) is 0 Å². The summed E-state index contributed by atoms with van der Waals surface area (Å²) in [6.45, 7) is 4.24. The van der Waals surface area contributed by atoms with Crippen molar-refractivity contribution in [1.29, 1.82) is 0 Å². The first kappa shape index (κ1) is 16.8. The molecule has 1 aromatic rings. The van der Waals surface area contributed by atoms with Crippen LogP contribution in [0.25, 0.3) is 0 Å². The minimum atomic E-state index is 0.0469. The van der Waals surface area contributed by atoms with Crippen LogP contribution in [0.5, 0.6) is 5.75 Å². The summed E-state index contributed by atoms with van der Waals surface area (Å²) in [7, 11) is 0. The number of nitrogens with two attached hydrogens (primary N) is 1. The van der Waals surface area contributed by atoms with Gasteiger partial charge in [0.15, 0.2) is 5.84 Å². The number of halogens is 1. The Bertz CT molecular complexity index is 449. The summed E-state index contributed by atoms with van der Waals surface area (Å²) in [6.07, 6.45) is 5.99. The van der Waals surface area contributed by atoms with E-state index >= 15 is 0 Å². The Labute approximate surface area is 129 Å². The van der Waals surface area contributed by atoms with E-state index in [0.717, 1.165) is 17.3 Å². The predicted molar refractivity (Wildman–Crippen MR) is 85.5 cm³/mol. The first-order valence-corrected chi connectivity index (χ1v) is 7.82. The second kappa shape index (κ2) is 8.84. The molecule has 0 amide bonds. The van der Waals surface area contributed by atoms with Crippen LogP contribution in [0.2, 0.25) is 0 Å². The summed E-state index contributed by atoms with van der Waals surface area (Å²) < 4.78 is 6.68. The fraction of sp³-hybridized carbons (Fsp3) is 0.533. The number of nitrogens with zero attached hydrogens (tertiary/aromatic N) is 1. The highest BCUT2D eigenvalue weighted by Gasteiger charge is 2.14. The summed E-state index contributed by atoms with van der Waals surface area (Å²) in [4.78, 5) is 0. The minimum Gasteiger partial charge on any atom is -0.490 e. The Hall–Kier alpha value is -1.23. The van der Waals surface area contributed by atoms with E-state index in [4.69, 9.17) is 15.7 Å². The molecule has 0 fully saturated rings. The Balaban J connectivity index is 2.70. The summed E-state index contributed by atoms with van der Waals surface area (Å²) in [6, 6.07) is 5.55. The number of hydrogen-bond acceptors (Lipinski definition) is 3. The molecule has 5 heteroatoms. The molecule has 0 aliphatic carbocycles. The molecule has 0 radical (unpaired) electrons. The Morgan fingerprint density at radius 3 is 2.80 bits per heavy atom. The average molecular weight is 343 g/mol. The van der Waals surface area contributed by atoms with E-state index < -0.39 is 0 Å². The van der Waals surface area contributed by atoms with Crippen LogP contribution in [0.3, 0.4) is 0 Å². The van der Waals surface area contributed by atoms with Gasteiger partial charge in [0.1, 0.15) is 5.75 Å². The molecule has 1 unspecified atom stereocenters. The zero-order chi connectivity index (χ0) is 15.0. The van der Waals surface area contributed by atoms with Crippen molar-refractivity contribution in [1.82, 2.24) is 0 Å².